The fraction of sp³-hybridized carbons (Fsp3) is 0.750. The predicted molar refractivity (Wildman–Crippen MR) is 37.8 cm³/mol. The first kappa shape index (κ1) is 5.60. The first-order valence-corrected chi connectivity index (χ1v) is 3.83. The zero-order valence-electron chi connectivity index (χ0n) is 5.74. The van der Waals surface area contributed by atoms with E-state index in [4.69, 9.17) is 0 Å². The molecule has 0 unspecified atom stereocenters. The van der Waals surface area contributed by atoms with Crippen molar-refractivity contribution in [1.29, 1.82) is 0 Å². The summed E-state index contributed by atoms with van der Waals surface area (Å²) in [4.78, 5) is 0. The predicted octanol–water partition coefficient (Wildman–Crippen LogP) is 1.31. The van der Waals surface area contributed by atoms with Crippen LogP contribution in [0.3, 0.4) is 0 Å². The van der Waals surface area contributed by atoms with Crippen molar-refractivity contribution in [2.24, 2.45) is 0 Å². The van der Waals surface area contributed by atoms with Crippen LogP contribution in [0.5, 0.6) is 0 Å². The first-order chi connectivity index (χ1) is 4.45. The van der Waals surface area contributed by atoms with E-state index in [9.17, 15) is 0 Å². The van der Waals surface area contributed by atoms with E-state index in [2.05, 4.69) is 5.32 Å². The van der Waals surface area contributed by atoms with Gasteiger partial charge in [0, 0.05) is 6.54 Å². The molecule has 9 heavy (non-hydrogen) atoms. The third-order valence-corrected chi connectivity index (χ3v) is 1.96. The monoisotopic (exact) mass is 123 g/mol. The largest absolute Gasteiger partial charge is 0.278 e. The molecule has 2 saturated carbocycles. The fourth-order valence-electron chi connectivity index (χ4n) is 0.946. The summed E-state index contributed by atoms with van der Waals surface area (Å²) in [7, 11) is 0. The van der Waals surface area contributed by atoms with E-state index in [-0.39, 0.29) is 0 Å². The molecule has 2 fully saturated rings. The van der Waals surface area contributed by atoms with Gasteiger partial charge >= 0.3 is 0 Å². The van der Waals surface area contributed by atoms with Crippen LogP contribution in [0, 0.1) is 11.8 Å². The molecular weight excluding hydrogens is 110 g/mol. The van der Waals surface area contributed by atoms with Crippen LogP contribution in [0.15, 0.2) is 0 Å². The molecule has 1 radical (unpaired) electrons. The molecule has 0 amide bonds. The molecule has 0 aromatic carbocycles. The molecular formula is C8H13N+. The highest BCUT2D eigenvalue weighted by molar-refractivity contribution is 5.10. The molecule has 1 heteroatoms. The van der Waals surface area contributed by atoms with Gasteiger partial charge in [0.25, 0.3) is 0 Å². The summed E-state index contributed by atoms with van der Waals surface area (Å²) in [5, 5.41) is 3.44. The third-order valence-electron chi connectivity index (χ3n) is 1.96. The second-order valence-corrected chi connectivity index (χ2v) is 3.10. The van der Waals surface area contributed by atoms with E-state index < -0.39 is 0 Å². The maximum Gasteiger partial charge on any atom is 0.141 e. The van der Waals surface area contributed by atoms with E-state index >= 15 is 0 Å². The van der Waals surface area contributed by atoms with Crippen LogP contribution >= 0.6 is 0 Å². The van der Waals surface area contributed by atoms with Crippen LogP contribution in [0.25, 0.3) is 0 Å². The minimum atomic E-state index is 1.20. The molecule has 1 N–H and O–H groups in total. The summed E-state index contributed by atoms with van der Waals surface area (Å²) in [6.07, 6.45) is 5.56. The van der Waals surface area contributed by atoms with Gasteiger partial charge in [0.1, 0.15) is 25.3 Å². The van der Waals surface area contributed by atoms with Crippen molar-refractivity contribution < 1.29 is 0 Å². The average Bonchev–Trinajstić information content (AvgIpc) is 2.57. The van der Waals surface area contributed by atoms with Crippen LogP contribution in [0.4, 0.5) is 0 Å². The molecule has 0 saturated heterocycles. The second-order valence-electron chi connectivity index (χ2n) is 3.10. The molecule has 0 aliphatic heterocycles. The maximum absolute atomic E-state index is 3.44. The summed E-state index contributed by atoms with van der Waals surface area (Å²) in [5.41, 5.74) is 0. The van der Waals surface area contributed by atoms with Crippen LogP contribution in [-0.2, 0) is 0 Å². The Morgan fingerprint density at radius 2 is 2.11 bits per heavy atom. The molecule has 2 rings (SSSR count). The number of rotatable bonds is 4. The Balaban J connectivity index is 1.46. The quantitative estimate of drug-likeness (QED) is 0.556. The van der Waals surface area contributed by atoms with Crippen molar-refractivity contribution in [1.82, 2.24) is 5.32 Å². The normalized spacial score (nSPS) is 24.7. The van der Waals surface area contributed by atoms with Gasteiger partial charge in [-0.1, -0.05) is 0 Å². The highest BCUT2D eigenvalue weighted by atomic mass is 14.9. The summed E-state index contributed by atoms with van der Waals surface area (Å²) >= 11 is 0. The SMILES string of the molecule is C1C[C]1CNC[C+]1CC1. The lowest BCUT2D eigenvalue weighted by atomic mass is 10.4. The summed E-state index contributed by atoms with van der Waals surface area (Å²) < 4.78 is 0. The molecule has 0 atom stereocenters. The molecule has 2 aliphatic rings. The van der Waals surface area contributed by atoms with Gasteiger partial charge in [0.15, 0.2) is 0 Å². The minimum absolute atomic E-state index is 1.20. The Morgan fingerprint density at radius 1 is 1.33 bits per heavy atom. The van der Waals surface area contributed by atoms with Gasteiger partial charge in [-0.05, 0) is 18.8 Å². The van der Waals surface area contributed by atoms with Crippen LogP contribution < -0.4 is 5.32 Å². The Bertz CT molecular complexity index is 80.7. The summed E-state index contributed by atoms with van der Waals surface area (Å²) in [5.74, 6) is 3.44. The van der Waals surface area contributed by atoms with Crippen molar-refractivity contribution >= 4 is 0 Å². The van der Waals surface area contributed by atoms with Crippen molar-refractivity contribution in [3.8, 4) is 0 Å². The van der Waals surface area contributed by atoms with E-state index in [1.54, 1.807) is 11.8 Å². The van der Waals surface area contributed by atoms with Gasteiger partial charge in [-0.15, -0.1) is 0 Å². The lowest BCUT2D eigenvalue weighted by Gasteiger charge is -1.92. The molecule has 0 bridgehead atoms. The standard InChI is InChI=1S/C8H13N/c1-2-7(1)5-9-6-8-3-4-8/h9H,1-6H2/q+1. The van der Waals surface area contributed by atoms with Gasteiger partial charge in [-0.3, -0.25) is 5.32 Å². The summed E-state index contributed by atoms with van der Waals surface area (Å²) in [6, 6.07) is 0. The number of hydrogen-bond donors (Lipinski definition) is 1. The average molecular weight is 123 g/mol. The topological polar surface area (TPSA) is 12.0 Å². The molecule has 2 aliphatic carbocycles. The fourth-order valence-corrected chi connectivity index (χ4v) is 0.946. The maximum atomic E-state index is 3.44. The Morgan fingerprint density at radius 3 is 2.67 bits per heavy atom. The van der Waals surface area contributed by atoms with E-state index in [0.717, 1.165) is 0 Å². The van der Waals surface area contributed by atoms with E-state index in [1.165, 1.54) is 38.8 Å². The molecule has 1 nitrogen and oxygen atoms in total. The highest BCUT2D eigenvalue weighted by Gasteiger charge is 2.36. The third kappa shape index (κ3) is 1.90. The number of hydrogen-bond acceptors (Lipinski definition) is 1. The lowest BCUT2D eigenvalue weighted by molar-refractivity contribution is 0.764. The zero-order valence-corrected chi connectivity index (χ0v) is 5.74. The smallest absolute Gasteiger partial charge is 0.141 e. The summed E-state index contributed by atoms with van der Waals surface area (Å²) in [6.45, 7) is 2.40. The van der Waals surface area contributed by atoms with Crippen molar-refractivity contribution in [3.05, 3.63) is 11.8 Å². The second kappa shape index (κ2) is 2.22. The van der Waals surface area contributed by atoms with Gasteiger partial charge < -0.3 is 0 Å². The highest BCUT2D eigenvalue weighted by Crippen LogP contribution is 2.32. The van der Waals surface area contributed by atoms with Gasteiger partial charge in [0.05, 0.1) is 0 Å². The zero-order chi connectivity index (χ0) is 6.10. The van der Waals surface area contributed by atoms with Crippen molar-refractivity contribution in [3.63, 3.8) is 0 Å². The first-order valence-electron chi connectivity index (χ1n) is 3.83. The van der Waals surface area contributed by atoms with E-state index in [1.807, 2.05) is 0 Å². The molecule has 0 aromatic heterocycles. The van der Waals surface area contributed by atoms with Gasteiger partial charge in [-0.2, -0.15) is 0 Å². The lowest BCUT2D eigenvalue weighted by Crippen LogP contribution is -2.17. The van der Waals surface area contributed by atoms with Crippen LogP contribution in [0.1, 0.15) is 25.7 Å². The Kier molecular flexibility index (Phi) is 1.38. The molecule has 0 heterocycles. The van der Waals surface area contributed by atoms with Gasteiger partial charge in [-0.25, -0.2) is 0 Å². The Hall–Kier alpha value is -0.170. The van der Waals surface area contributed by atoms with Gasteiger partial charge in [0.2, 0.25) is 0 Å². The van der Waals surface area contributed by atoms with Crippen molar-refractivity contribution in [2.75, 3.05) is 13.1 Å². The minimum Gasteiger partial charge on any atom is -0.278 e. The molecule has 0 spiro atoms. The molecule has 0 aromatic rings. The van der Waals surface area contributed by atoms with Crippen molar-refractivity contribution in [2.45, 2.75) is 25.7 Å². The number of nitrogens with one attached hydrogen (secondary N) is 1. The van der Waals surface area contributed by atoms with Crippen LogP contribution in [-0.4, -0.2) is 13.1 Å². The van der Waals surface area contributed by atoms with Crippen LogP contribution in [0.2, 0.25) is 0 Å². The van der Waals surface area contributed by atoms with E-state index in [0.29, 0.717) is 0 Å². The molecule has 49 valence electrons. The Labute approximate surface area is 56.8 Å².